The first-order valence-corrected chi connectivity index (χ1v) is 9.14. The molecule has 0 aromatic carbocycles. The van der Waals surface area contributed by atoms with Crippen LogP contribution in [0, 0.1) is 16.7 Å². The smallest absolute Gasteiger partial charge is 0.270 e. The van der Waals surface area contributed by atoms with Crippen LogP contribution in [-0.2, 0) is 18.8 Å². The number of hydrogen-bond acceptors (Lipinski definition) is 6. The Morgan fingerprint density at radius 1 is 1.36 bits per heavy atom. The molecule has 1 saturated carbocycles. The van der Waals surface area contributed by atoms with Crippen molar-refractivity contribution in [3.8, 4) is 6.07 Å². The Morgan fingerprint density at radius 3 is 2.71 bits per heavy atom. The van der Waals surface area contributed by atoms with Gasteiger partial charge in [0.15, 0.2) is 0 Å². The van der Waals surface area contributed by atoms with Crippen molar-refractivity contribution < 1.29 is 13.9 Å². The first-order chi connectivity index (χ1) is 13.1. The third kappa shape index (κ3) is 3.94. The molecule has 2 atom stereocenters. The Balaban J connectivity index is 1.77. The summed E-state index contributed by atoms with van der Waals surface area (Å²) in [5.74, 6) is -2.09. The molecule has 0 spiro atoms. The summed E-state index contributed by atoms with van der Waals surface area (Å²) in [6.45, 7) is 4.75. The Labute approximate surface area is 162 Å². The summed E-state index contributed by atoms with van der Waals surface area (Å²) in [6.07, 6.45) is 5.04. The van der Waals surface area contributed by atoms with Crippen molar-refractivity contribution in [3.05, 3.63) is 47.2 Å². The zero-order chi connectivity index (χ0) is 20.5. The number of nitrogens with zero attached hydrogens (tertiary/aromatic N) is 4. The molecule has 2 aromatic heterocycles. The molecule has 148 valence electrons. The molecular weight excluding hydrogens is 364 g/mol. The van der Waals surface area contributed by atoms with E-state index in [-0.39, 0.29) is 17.0 Å². The van der Waals surface area contributed by atoms with Gasteiger partial charge in [0.25, 0.3) is 5.92 Å². The summed E-state index contributed by atoms with van der Waals surface area (Å²) < 4.78 is 27.5. The van der Waals surface area contributed by atoms with Gasteiger partial charge in [0.2, 0.25) is 0 Å². The number of halogens is 2. The minimum absolute atomic E-state index is 0.0129. The number of aryl methyl sites for hydroxylation is 2. The van der Waals surface area contributed by atoms with E-state index >= 15 is 0 Å². The lowest BCUT2D eigenvalue weighted by atomic mass is 9.64. The molecule has 0 saturated heterocycles. The maximum Gasteiger partial charge on any atom is 0.270 e. The van der Waals surface area contributed by atoms with Crippen molar-refractivity contribution in [2.75, 3.05) is 5.32 Å². The molecule has 1 fully saturated rings. The van der Waals surface area contributed by atoms with Crippen LogP contribution in [-0.4, -0.2) is 32.2 Å². The minimum Gasteiger partial charge on any atom is -0.392 e. The summed E-state index contributed by atoms with van der Waals surface area (Å²) >= 11 is 0. The molecule has 2 aromatic rings. The van der Waals surface area contributed by atoms with Crippen LogP contribution in [0.2, 0.25) is 0 Å². The Hall–Kier alpha value is -2.66. The van der Waals surface area contributed by atoms with E-state index in [9.17, 15) is 19.1 Å². The molecule has 1 aliphatic rings. The second-order valence-corrected chi connectivity index (χ2v) is 7.85. The molecule has 0 amide bonds. The fourth-order valence-electron chi connectivity index (χ4n) is 3.34. The second kappa shape index (κ2) is 7.40. The summed E-state index contributed by atoms with van der Waals surface area (Å²) in [7, 11) is 0. The highest BCUT2D eigenvalue weighted by molar-refractivity contribution is 5.52. The van der Waals surface area contributed by atoms with E-state index in [0.717, 1.165) is 6.92 Å². The molecule has 0 radical (unpaired) electrons. The normalized spacial score (nSPS) is 20.9. The molecule has 2 N–H and O–H groups in total. The first kappa shape index (κ1) is 20.1. The number of aromatic nitrogens is 3. The molecule has 8 heteroatoms. The molecule has 2 heterocycles. The van der Waals surface area contributed by atoms with E-state index in [0.29, 0.717) is 42.0 Å². The van der Waals surface area contributed by atoms with Gasteiger partial charge in [-0.2, -0.15) is 5.26 Å². The highest BCUT2D eigenvalue weighted by Gasteiger charge is 2.47. The van der Waals surface area contributed by atoms with Gasteiger partial charge in [-0.3, -0.25) is 4.98 Å². The number of nitriles is 1. The molecule has 3 rings (SSSR count). The lowest BCUT2D eigenvalue weighted by Gasteiger charge is -2.49. The molecule has 1 aliphatic carbocycles. The van der Waals surface area contributed by atoms with Crippen molar-refractivity contribution in [1.82, 2.24) is 15.0 Å². The summed E-state index contributed by atoms with van der Waals surface area (Å²) in [4.78, 5) is 12.6. The highest BCUT2D eigenvalue weighted by atomic mass is 19.3. The number of hydrogen-bond donors (Lipinski definition) is 2. The molecule has 28 heavy (non-hydrogen) atoms. The maximum absolute atomic E-state index is 13.8. The number of anilines is 1. The van der Waals surface area contributed by atoms with E-state index in [2.05, 4.69) is 26.3 Å². The van der Waals surface area contributed by atoms with Gasteiger partial charge in [-0.25, -0.2) is 18.7 Å². The number of pyridine rings is 1. The monoisotopic (exact) mass is 387 g/mol. The van der Waals surface area contributed by atoms with Crippen molar-refractivity contribution in [2.24, 2.45) is 5.41 Å². The van der Waals surface area contributed by atoms with Crippen molar-refractivity contribution in [2.45, 2.75) is 58.1 Å². The fourth-order valence-corrected chi connectivity index (χ4v) is 3.34. The molecule has 6 nitrogen and oxygen atoms in total. The topological polar surface area (TPSA) is 94.7 Å². The average molecular weight is 387 g/mol. The molecular formula is C20H23F2N5O. The lowest BCUT2D eigenvalue weighted by molar-refractivity contribution is -0.0511. The maximum atomic E-state index is 13.8. The van der Waals surface area contributed by atoms with Gasteiger partial charge in [-0.05, 0) is 24.5 Å². The van der Waals surface area contributed by atoms with Gasteiger partial charge in [-0.1, -0.05) is 13.8 Å². The van der Waals surface area contributed by atoms with Crippen LogP contribution in [0.4, 0.5) is 14.6 Å². The molecule has 0 bridgehead atoms. The van der Waals surface area contributed by atoms with E-state index in [1.165, 1.54) is 24.7 Å². The van der Waals surface area contributed by atoms with Crippen LogP contribution >= 0.6 is 0 Å². The van der Waals surface area contributed by atoms with Crippen molar-refractivity contribution in [3.63, 3.8) is 0 Å². The van der Waals surface area contributed by atoms with Crippen LogP contribution in [0.1, 0.15) is 49.7 Å². The number of rotatable bonds is 6. The number of aliphatic hydroxyl groups is 1. The first-order valence-electron chi connectivity index (χ1n) is 9.14. The average Bonchev–Trinajstić information content (AvgIpc) is 2.65. The number of aliphatic hydroxyl groups excluding tert-OH is 1. The summed E-state index contributed by atoms with van der Waals surface area (Å²) in [6, 6.07) is 3.37. The number of nitrogens with one attached hydrogen (secondary N) is 1. The second-order valence-electron chi connectivity index (χ2n) is 7.85. The zero-order valence-corrected chi connectivity index (χ0v) is 16.1. The van der Waals surface area contributed by atoms with Gasteiger partial charge in [-0.15, -0.1) is 0 Å². The fraction of sp³-hybridized carbons (Fsp3) is 0.500. The van der Waals surface area contributed by atoms with E-state index < -0.39 is 12.0 Å². The Bertz CT molecular complexity index is 904. The predicted molar refractivity (Wildman–Crippen MR) is 99.8 cm³/mol. The zero-order valence-electron chi connectivity index (χ0n) is 16.1. The molecule has 0 unspecified atom stereocenters. The third-order valence-corrected chi connectivity index (χ3v) is 5.48. The van der Waals surface area contributed by atoms with E-state index in [4.69, 9.17) is 0 Å². The van der Waals surface area contributed by atoms with Crippen molar-refractivity contribution >= 4 is 5.82 Å². The highest BCUT2D eigenvalue weighted by Crippen LogP contribution is 2.42. The minimum atomic E-state index is -2.95. The van der Waals surface area contributed by atoms with Crippen LogP contribution in [0.5, 0.6) is 0 Å². The third-order valence-electron chi connectivity index (χ3n) is 5.48. The summed E-state index contributed by atoms with van der Waals surface area (Å²) in [5.41, 5.74) is 0.373. The lowest BCUT2D eigenvalue weighted by Crippen LogP contribution is -2.57. The largest absolute Gasteiger partial charge is 0.392 e. The summed E-state index contributed by atoms with van der Waals surface area (Å²) in [5, 5.41) is 22.4. The van der Waals surface area contributed by atoms with Gasteiger partial charge in [0.05, 0.1) is 12.3 Å². The quantitative estimate of drug-likeness (QED) is 0.790. The Kier molecular flexibility index (Phi) is 5.31. The Morgan fingerprint density at radius 2 is 2.11 bits per heavy atom. The van der Waals surface area contributed by atoms with Gasteiger partial charge >= 0.3 is 0 Å². The van der Waals surface area contributed by atoms with Crippen LogP contribution in [0.25, 0.3) is 0 Å². The predicted octanol–water partition coefficient (Wildman–Crippen LogP) is 3.21. The van der Waals surface area contributed by atoms with Gasteiger partial charge in [0, 0.05) is 42.8 Å². The molecule has 0 aliphatic heterocycles. The SMILES string of the molecule is CC(F)(F)c1ccncc1CCc1ncc(C#N)c(N[C@@H]2C[C@H](O)C2(C)C)n1. The number of alkyl halides is 2. The van der Waals surface area contributed by atoms with E-state index in [1.54, 1.807) is 0 Å². The van der Waals surface area contributed by atoms with Crippen LogP contribution < -0.4 is 5.32 Å². The van der Waals surface area contributed by atoms with Gasteiger partial charge in [0.1, 0.15) is 23.3 Å². The van der Waals surface area contributed by atoms with Crippen LogP contribution in [0.15, 0.2) is 24.7 Å². The van der Waals surface area contributed by atoms with Crippen molar-refractivity contribution in [1.29, 1.82) is 5.26 Å². The van der Waals surface area contributed by atoms with Crippen LogP contribution in [0.3, 0.4) is 0 Å². The van der Waals surface area contributed by atoms with Gasteiger partial charge < -0.3 is 10.4 Å². The van der Waals surface area contributed by atoms with E-state index in [1.807, 2.05) is 13.8 Å². The standard InChI is InChI=1S/C20H23F2N5O/c1-19(2)15(8-16(19)28)26-18-13(9-23)11-25-17(27-18)5-4-12-10-24-7-6-14(12)20(3,21)22/h6-7,10-11,15-16,28H,4-5,8H2,1-3H3,(H,25,26,27)/t15-,16+/m1/s1.